The van der Waals surface area contributed by atoms with Gasteiger partial charge in [-0.25, -0.2) is 14.4 Å². The third-order valence-corrected chi connectivity index (χ3v) is 7.73. The van der Waals surface area contributed by atoms with E-state index in [2.05, 4.69) is 15.0 Å². The fourth-order valence-corrected chi connectivity index (χ4v) is 5.15. The predicted octanol–water partition coefficient (Wildman–Crippen LogP) is 8.53. The van der Waals surface area contributed by atoms with Gasteiger partial charge < -0.3 is 14.2 Å². The number of carbonyl (C=O) groups is 3. The number of carbonyl (C=O) groups excluding carboxylic acids is 3. The van der Waals surface area contributed by atoms with E-state index in [1.54, 1.807) is 91.4 Å². The average Bonchev–Trinajstić information content (AvgIpc) is 3.19. The van der Waals surface area contributed by atoms with Gasteiger partial charge in [0.05, 0.1) is 33.8 Å². The van der Waals surface area contributed by atoms with Crippen LogP contribution < -0.4 is 14.2 Å². The fraction of sp³-hybridized carbons (Fsp3) is 0. The summed E-state index contributed by atoms with van der Waals surface area (Å²) in [5.74, 6) is -2.01. The minimum Gasteiger partial charge on any atom is -0.423 e. The standard InChI is InChI=1S/C42H27N3O6/c46-40(31-16-10-28(11-17-31)37-7-1-4-22-43-37)49-34-25-35(50-41(47)32-18-12-29(13-19-32)38-8-2-5-23-44-38)27-36(26-34)51-42(48)33-20-14-30(15-21-33)39-9-3-6-24-45-39/h1-27H. The molecule has 4 aromatic carbocycles. The van der Waals surface area contributed by atoms with Gasteiger partial charge in [0.15, 0.2) is 0 Å². The van der Waals surface area contributed by atoms with Gasteiger partial charge in [0, 0.05) is 53.5 Å². The normalized spacial score (nSPS) is 10.6. The Labute approximate surface area is 292 Å². The Hall–Kier alpha value is -7.26. The molecule has 0 saturated carbocycles. The van der Waals surface area contributed by atoms with Crippen molar-refractivity contribution in [1.29, 1.82) is 0 Å². The molecule has 0 aliphatic heterocycles. The molecule has 0 aliphatic rings. The summed E-state index contributed by atoms with van der Waals surface area (Å²) in [4.78, 5) is 52.6. The van der Waals surface area contributed by atoms with E-state index < -0.39 is 17.9 Å². The lowest BCUT2D eigenvalue weighted by Gasteiger charge is -2.12. The zero-order valence-electron chi connectivity index (χ0n) is 26.9. The quantitative estimate of drug-likeness (QED) is 0.110. The van der Waals surface area contributed by atoms with E-state index in [9.17, 15) is 14.4 Å². The third-order valence-electron chi connectivity index (χ3n) is 7.73. The molecule has 0 N–H and O–H groups in total. The Kier molecular flexibility index (Phi) is 9.42. The lowest BCUT2D eigenvalue weighted by Crippen LogP contribution is -2.12. The SMILES string of the molecule is O=C(Oc1cc(OC(=O)c2ccc(-c3ccccn3)cc2)cc(OC(=O)c2ccc(-c3ccccn3)cc2)c1)c1ccc(-c2ccccn2)cc1. The van der Waals surface area contributed by atoms with Crippen molar-refractivity contribution in [1.82, 2.24) is 15.0 Å². The molecule has 0 spiro atoms. The second kappa shape index (κ2) is 14.9. The summed E-state index contributed by atoms with van der Waals surface area (Å²) in [5.41, 5.74) is 5.59. The summed E-state index contributed by atoms with van der Waals surface area (Å²) in [5, 5.41) is 0. The van der Waals surface area contributed by atoms with Crippen molar-refractivity contribution < 1.29 is 28.6 Å². The van der Waals surface area contributed by atoms with Crippen LogP contribution in [0.15, 0.2) is 164 Å². The van der Waals surface area contributed by atoms with Gasteiger partial charge in [0.25, 0.3) is 0 Å². The molecule has 7 aromatic rings. The third kappa shape index (κ3) is 7.90. The molecule has 0 atom stereocenters. The Morgan fingerprint density at radius 3 is 0.863 bits per heavy atom. The summed E-state index contributed by atoms with van der Waals surface area (Å²) < 4.78 is 17.0. The lowest BCUT2D eigenvalue weighted by atomic mass is 10.1. The molecule has 51 heavy (non-hydrogen) atoms. The number of pyridine rings is 3. The lowest BCUT2D eigenvalue weighted by molar-refractivity contribution is 0.0730. The Balaban J connectivity index is 1.12. The summed E-state index contributed by atoms with van der Waals surface area (Å²) in [7, 11) is 0. The second-order valence-electron chi connectivity index (χ2n) is 11.2. The molecular formula is C42H27N3O6. The number of nitrogens with zero attached hydrogens (tertiary/aromatic N) is 3. The molecule has 7 rings (SSSR count). The van der Waals surface area contributed by atoms with Gasteiger partial charge in [0.2, 0.25) is 0 Å². The van der Waals surface area contributed by atoms with Crippen LogP contribution >= 0.6 is 0 Å². The van der Waals surface area contributed by atoms with Crippen molar-refractivity contribution in [3.8, 4) is 51.0 Å². The summed E-state index contributed by atoms with van der Waals surface area (Å²) >= 11 is 0. The van der Waals surface area contributed by atoms with E-state index in [1.807, 2.05) is 54.6 Å². The predicted molar refractivity (Wildman–Crippen MR) is 190 cm³/mol. The van der Waals surface area contributed by atoms with Crippen LogP contribution in [0.3, 0.4) is 0 Å². The average molecular weight is 670 g/mol. The molecule has 3 aromatic heterocycles. The number of hydrogen-bond donors (Lipinski definition) is 0. The number of rotatable bonds is 9. The van der Waals surface area contributed by atoms with E-state index in [1.165, 1.54) is 18.2 Å². The molecule has 9 nitrogen and oxygen atoms in total. The van der Waals surface area contributed by atoms with Crippen LogP contribution in [-0.2, 0) is 0 Å². The molecule has 0 amide bonds. The van der Waals surface area contributed by atoms with Gasteiger partial charge >= 0.3 is 17.9 Å². The molecular weight excluding hydrogens is 642 g/mol. The summed E-state index contributed by atoms with van der Waals surface area (Å²) in [6.07, 6.45) is 5.07. The zero-order valence-corrected chi connectivity index (χ0v) is 26.9. The molecule has 246 valence electrons. The van der Waals surface area contributed by atoms with Gasteiger partial charge in [-0.05, 0) is 72.8 Å². The number of hydrogen-bond acceptors (Lipinski definition) is 9. The smallest absolute Gasteiger partial charge is 0.343 e. The summed E-state index contributed by atoms with van der Waals surface area (Å²) in [6.45, 7) is 0. The van der Waals surface area contributed by atoms with Gasteiger partial charge in [-0.1, -0.05) is 54.6 Å². The first kappa shape index (κ1) is 32.3. The topological polar surface area (TPSA) is 118 Å². The Bertz CT molecular complexity index is 2020. The highest BCUT2D eigenvalue weighted by Gasteiger charge is 2.17. The summed E-state index contributed by atoms with van der Waals surface area (Å²) in [6, 6.07) is 41.2. The van der Waals surface area contributed by atoms with Gasteiger partial charge in [0.1, 0.15) is 17.2 Å². The maximum atomic E-state index is 13.2. The first-order chi connectivity index (χ1) is 25.0. The minimum atomic E-state index is -0.668. The number of benzene rings is 4. The van der Waals surface area contributed by atoms with Crippen LogP contribution in [0.25, 0.3) is 33.8 Å². The largest absolute Gasteiger partial charge is 0.423 e. The van der Waals surface area contributed by atoms with Crippen LogP contribution in [0.4, 0.5) is 0 Å². The van der Waals surface area contributed by atoms with Crippen molar-refractivity contribution in [2.24, 2.45) is 0 Å². The van der Waals surface area contributed by atoms with Crippen molar-refractivity contribution in [3.63, 3.8) is 0 Å². The highest BCUT2D eigenvalue weighted by molar-refractivity contribution is 5.94. The van der Waals surface area contributed by atoms with Gasteiger partial charge in [-0.15, -0.1) is 0 Å². The molecule has 3 heterocycles. The van der Waals surface area contributed by atoms with E-state index in [4.69, 9.17) is 14.2 Å². The molecule has 0 radical (unpaired) electrons. The van der Waals surface area contributed by atoms with Gasteiger partial charge in [-0.3, -0.25) is 15.0 Å². The van der Waals surface area contributed by atoms with Crippen LogP contribution in [-0.4, -0.2) is 32.9 Å². The fourth-order valence-electron chi connectivity index (χ4n) is 5.15. The molecule has 0 bridgehead atoms. The number of ether oxygens (including phenoxy) is 3. The first-order valence-corrected chi connectivity index (χ1v) is 15.8. The monoisotopic (exact) mass is 669 g/mol. The molecule has 0 aliphatic carbocycles. The van der Waals surface area contributed by atoms with Gasteiger partial charge in [-0.2, -0.15) is 0 Å². The van der Waals surface area contributed by atoms with Crippen LogP contribution in [0, 0.1) is 0 Å². The van der Waals surface area contributed by atoms with Crippen molar-refractivity contribution in [2.75, 3.05) is 0 Å². The number of aromatic nitrogens is 3. The number of esters is 3. The van der Waals surface area contributed by atoms with E-state index in [-0.39, 0.29) is 33.9 Å². The Morgan fingerprint density at radius 2 is 0.627 bits per heavy atom. The minimum absolute atomic E-state index is 0.00194. The van der Waals surface area contributed by atoms with E-state index in [0.29, 0.717) is 0 Å². The Morgan fingerprint density at radius 1 is 0.353 bits per heavy atom. The van der Waals surface area contributed by atoms with Crippen LogP contribution in [0.1, 0.15) is 31.1 Å². The van der Waals surface area contributed by atoms with E-state index >= 15 is 0 Å². The highest BCUT2D eigenvalue weighted by Crippen LogP contribution is 2.31. The van der Waals surface area contributed by atoms with E-state index in [0.717, 1.165) is 33.8 Å². The maximum absolute atomic E-state index is 13.2. The van der Waals surface area contributed by atoms with Crippen molar-refractivity contribution in [2.45, 2.75) is 0 Å². The van der Waals surface area contributed by atoms with Crippen molar-refractivity contribution in [3.05, 3.63) is 181 Å². The molecule has 9 heteroatoms. The van der Waals surface area contributed by atoms with Crippen LogP contribution in [0.5, 0.6) is 17.2 Å². The molecule has 0 fully saturated rings. The molecule has 0 saturated heterocycles. The highest BCUT2D eigenvalue weighted by atomic mass is 16.6. The van der Waals surface area contributed by atoms with Crippen molar-refractivity contribution >= 4 is 17.9 Å². The zero-order chi connectivity index (χ0) is 35.0. The molecule has 0 unspecified atom stereocenters. The first-order valence-electron chi connectivity index (χ1n) is 15.8. The van der Waals surface area contributed by atoms with Crippen LogP contribution in [0.2, 0.25) is 0 Å². The second-order valence-corrected chi connectivity index (χ2v) is 11.2. The maximum Gasteiger partial charge on any atom is 0.343 e.